The molecule has 4 unspecified atom stereocenters. The number of hydrogen-bond donors (Lipinski definition) is 0. The molecule has 3 aliphatic rings. The summed E-state index contributed by atoms with van der Waals surface area (Å²) in [5, 5.41) is 1.15. The van der Waals surface area contributed by atoms with E-state index in [0.717, 1.165) is 18.0 Å². The minimum Gasteiger partial charge on any atom is -0.146 e. The van der Waals surface area contributed by atoms with E-state index in [0.29, 0.717) is 22.9 Å². The van der Waals surface area contributed by atoms with Gasteiger partial charge in [0, 0.05) is 0 Å². The van der Waals surface area contributed by atoms with Crippen LogP contribution in [0.3, 0.4) is 0 Å². The van der Waals surface area contributed by atoms with Gasteiger partial charge in [0.1, 0.15) is 0 Å². The van der Waals surface area contributed by atoms with E-state index in [1.807, 2.05) is 18.2 Å². The van der Waals surface area contributed by atoms with Crippen LogP contribution < -0.4 is 5.19 Å². The third-order valence-electron chi connectivity index (χ3n) is 5.44. The molecule has 21 heavy (non-hydrogen) atoms. The first-order chi connectivity index (χ1) is 9.80. The summed E-state index contributed by atoms with van der Waals surface area (Å²) >= 11 is 27.0. The van der Waals surface area contributed by atoms with Gasteiger partial charge in [0.15, 0.2) is 0 Å². The minimum atomic E-state index is -2.45. The zero-order valence-corrected chi connectivity index (χ0v) is 17.1. The Labute approximate surface area is 148 Å². The van der Waals surface area contributed by atoms with Crippen LogP contribution in [-0.2, 0) is 0 Å². The van der Waals surface area contributed by atoms with Crippen LogP contribution in [0.1, 0.15) is 25.7 Å². The van der Waals surface area contributed by atoms with Gasteiger partial charge in [-0.3, -0.25) is 0 Å². The second-order valence-electron chi connectivity index (χ2n) is 6.73. The van der Waals surface area contributed by atoms with E-state index in [2.05, 4.69) is 18.7 Å². The Morgan fingerprint density at radius 2 is 1.38 bits per heavy atom. The average molecular weight is 398 g/mol. The Hall–Kier alpha value is 0.814. The predicted molar refractivity (Wildman–Crippen MR) is 99.8 cm³/mol. The molecule has 0 N–H and O–H groups in total. The molecule has 0 amide bonds. The summed E-state index contributed by atoms with van der Waals surface area (Å²) in [7, 11) is 0. The molecule has 0 radical (unpaired) electrons. The van der Waals surface area contributed by atoms with Gasteiger partial charge in [0.25, 0.3) is 13.4 Å². The summed E-state index contributed by atoms with van der Waals surface area (Å²) in [5.41, 5.74) is 0.965. The molecule has 4 atom stereocenters. The molecule has 3 aliphatic carbocycles. The lowest BCUT2D eigenvalue weighted by Crippen LogP contribution is -2.51. The molecule has 1 aromatic carbocycles. The van der Waals surface area contributed by atoms with Gasteiger partial charge in [-0.2, -0.15) is 0 Å². The van der Waals surface area contributed by atoms with E-state index in [4.69, 9.17) is 44.3 Å². The van der Waals surface area contributed by atoms with Crippen LogP contribution in [-0.4, -0.2) is 13.4 Å². The zero-order valence-electron chi connectivity index (χ0n) is 12.0. The van der Waals surface area contributed by atoms with Gasteiger partial charge in [0.2, 0.25) is 0 Å². The normalized spacial score (nSPS) is 33.2. The molecule has 3 fully saturated rings. The van der Waals surface area contributed by atoms with Gasteiger partial charge >= 0.3 is 0 Å². The molecule has 6 heteroatoms. The Morgan fingerprint density at radius 3 is 1.86 bits per heavy atom. The van der Waals surface area contributed by atoms with Gasteiger partial charge < -0.3 is 0 Å². The summed E-state index contributed by atoms with van der Waals surface area (Å²) in [6.07, 6.45) is 4.74. The Morgan fingerprint density at radius 1 is 0.857 bits per heavy atom. The van der Waals surface area contributed by atoms with Gasteiger partial charge in [-0.05, 0) is 47.5 Å². The van der Waals surface area contributed by atoms with Crippen molar-refractivity contribution in [2.45, 2.75) is 43.3 Å². The monoisotopic (exact) mass is 396 g/mol. The van der Waals surface area contributed by atoms with Crippen LogP contribution in [0, 0.1) is 11.8 Å². The number of halogens is 4. The lowest BCUT2D eigenvalue weighted by molar-refractivity contribution is 0.173. The zero-order chi connectivity index (χ0) is 15.3. The summed E-state index contributed by atoms with van der Waals surface area (Å²) in [6, 6.07) is 10.3. The summed E-state index contributed by atoms with van der Waals surface area (Å²) in [4.78, 5) is 0. The van der Waals surface area contributed by atoms with Crippen molar-refractivity contribution in [1.82, 2.24) is 0 Å². The first-order valence-electron chi connectivity index (χ1n) is 7.61. The standard InChI is InChI=1S/C15H20Cl4Si2/c1-20(16,17)14-9-12-8-7-11(14)10-15(12)21(18,19)13-5-3-2-4-6-13/h2-6,11-12,14-15H,7-10H2,1H3. The molecule has 3 saturated carbocycles. The van der Waals surface area contributed by atoms with E-state index >= 15 is 0 Å². The minimum absolute atomic E-state index is 0.447. The van der Waals surface area contributed by atoms with Crippen LogP contribution in [0.15, 0.2) is 30.3 Å². The van der Waals surface area contributed by atoms with E-state index in [1.54, 1.807) is 0 Å². The molecular formula is C15H20Cl4Si2. The second-order valence-corrected chi connectivity index (χ2v) is 21.4. The second kappa shape index (κ2) is 6.03. The quantitative estimate of drug-likeness (QED) is 0.438. The maximum atomic E-state index is 6.95. The van der Waals surface area contributed by atoms with E-state index in [9.17, 15) is 0 Å². The predicted octanol–water partition coefficient (Wildman–Crippen LogP) is 5.92. The lowest BCUT2D eigenvalue weighted by Gasteiger charge is -2.52. The molecule has 4 rings (SSSR count). The van der Waals surface area contributed by atoms with Crippen LogP contribution in [0.4, 0.5) is 0 Å². The molecule has 0 heterocycles. The third kappa shape index (κ3) is 3.22. The molecular weight excluding hydrogens is 378 g/mol. The molecule has 0 aliphatic heterocycles. The van der Waals surface area contributed by atoms with Gasteiger partial charge in [-0.1, -0.05) is 43.2 Å². The first kappa shape index (κ1) is 16.7. The number of hydrogen-bond acceptors (Lipinski definition) is 0. The smallest absolute Gasteiger partial charge is 0.146 e. The van der Waals surface area contributed by atoms with Crippen molar-refractivity contribution >= 4 is 62.9 Å². The van der Waals surface area contributed by atoms with E-state index in [-0.39, 0.29) is 0 Å². The highest BCUT2D eigenvalue weighted by molar-refractivity contribution is 7.51. The molecule has 116 valence electrons. The molecule has 1 aromatic rings. The van der Waals surface area contributed by atoms with Crippen LogP contribution in [0.25, 0.3) is 0 Å². The van der Waals surface area contributed by atoms with Crippen LogP contribution >= 0.6 is 44.3 Å². The van der Waals surface area contributed by atoms with Crippen molar-refractivity contribution in [2.24, 2.45) is 11.8 Å². The molecule has 0 saturated heterocycles. The van der Waals surface area contributed by atoms with Gasteiger partial charge in [-0.25, -0.2) is 0 Å². The topological polar surface area (TPSA) is 0 Å². The fourth-order valence-electron chi connectivity index (χ4n) is 4.37. The van der Waals surface area contributed by atoms with Crippen molar-refractivity contribution < 1.29 is 0 Å². The fraction of sp³-hybridized carbons (Fsp3) is 0.600. The maximum Gasteiger partial charge on any atom is 0.284 e. The molecule has 2 bridgehead atoms. The van der Waals surface area contributed by atoms with Crippen LogP contribution in [0.5, 0.6) is 0 Å². The van der Waals surface area contributed by atoms with E-state index < -0.39 is 13.4 Å². The SMILES string of the molecule is C[Si](Cl)(Cl)C1CC2CCC1CC2[Si](Cl)(Cl)c1ccccc1. The van der Waals surface area contributed by atoms with Crippen LogP contribution in [0.2, 0.25) is 17.6 Å². The third-order valence-corrected chi connectivity index (χ3v) is 14.9. The summed E-state index contributed by atoms with van der Waals surface area (Å²) in [6.45, 7) is -2.48. The number of fused-ring (bicyclic) bond motifs is 3. The molecule has 0 aromatic heterocycles. The highest BCUT2D eigenvalue weighted by Crippen LogP contribution is 2.61. The fourth-order valence-corrected chi connectivity index (χ4v) is 12.7. The van der Waals surface area contributed by atoms with Crippen molar-refractivity contribution in [2.75, 3.05) is 0 Å². The summed E-state index contributed by atoms with van der Waals surface area (Å²) in [5.74, 6) is 1.23. The Balaban J connectivity index is 1.84. The highest BCUT2D eigenvalue weighted by Gasteiger charge is 2.55. The largest absolute Gasteiger partial charge is 0.284 e. The Kier molecular flexibility index (Phi) is 4.78. The van der Waals surface area contributed by atoms with Crippen molar-refractivity contribution in [3.8, 4) is 0 Å². The van der Waals surface area contributed by atoms with Crippen molar-refractivity contribution in [1.29, 1.82) is 0 Å². The maximum absolute atomic E-state index is 6.95. The van der Waals surface area contributed by atoms with Gasteiger partial charge in [0.05, 0.1) is 0 Å². The lowest BCUT2D eigenvalue weighted by atomic mass is 9.70. The average Bonchev–Trinajstić information content (AvgIpc) is 2.47. The number of rotatable bonds is 3. The first-order valence-corrected chi connectivity index (χ1v) is 16.3. The van der Waals surface area contributed by atoms with Crippen molar-refractivity contribution in [3.63, 3.8) is 0 Å². The van der Waals surface area contributed by atoms with E-state index in [1.165, 1.54) is 12.8 Å². The molecule has 0 nitrogen and oxygen atoms in total. The number of benzene rings is 1. The summed E-state index contributed by atoms with van der Waals surface area (Å²) < 4.78 is 0. The van der Waals surface area contributed by atoms with Crippen molar-refractivity contribution in [3.05, 3.63) is 30.3 Å². The Bertz CT molecular complexity index is 500. The van der Waals surface area contributed by atoms with Gasteiger partial charge in [-0.15, -0.1) is 44.3 Å². The highest BCUT2D eigenvalue weighted by atomic mass is 35.7. The molecule has 0 spiro atoms.